The van der Waals surface area contributed by atoms with Gasteiger partial charge in [0.05, 0.1) is 25.4 Å². The van der Waals surface area contributed by atoms with Crippen LogP contribution >= 0.6 is 0 Å². The molecule has 2 unspecified atom stereocenters. The molecule has 0 spiro atoms. The Morgan fingerprint density at radius 2 is 0.627 bits per heavy atom. The minimum atomic E-state index is -0.669. The zero-order valence-corrected chi connectivity index (χ0v) is 50.8. The van der Waals surface area contributed by atoms with Gasteiger partial charge in [-0.25, -0.2) is 0 Å². The molecule has 0 saturated heterocycles. The molecule has 0 rings (SSSR count). The van der Waals surface area contributed by atoms with Gasteiger partial charge in [-0.2, -0.15) is 0 Å². The second-order valence-corrected chi connectivity index (χ2v) is 23.5. The molecule has 0 heterocycles. The van der Waals surface area contributed by atoms with Crippen LogP contribution in [-0.4, -0.2) is 47.4 Å². The topological polar surface area (TPSA) is 95.9 Å². The van der Waals surface area contributed by atoms with Crippen LogP contribution in [0, 0.1) is 0 Å². The zero-order chi connectivity index (χ0) is 54.3. The maximum absolute atomic E-state index is 12.5. The number of aliphatic hydroxyl groups is 2. The van der Waals surface area contributed by atoms with Crippen LogP contribution in [-0.2, 0) is 14.3 Å². The fourth-order valence-corrected chi connectivity index (χ4v) is 10.7. The lowest BCUT2D eigenvalue weighted by molar-refractivity contribution is -0.143. The summed E-state index contributed by atoms with van der Waals surface area (Å²) in [6.07, 6.45) is 80.6. The summed E-state index contributed by atoms with van der Waals surface area (Å²) in [4.78, 5) is 24.6. The summed E-state index contributed by atoms with van der Waals surface area (Å²) in [5, 5.41) is 23.4. The Labute approximate surface area is 469 Å². The van der Waals surface area contributed by atoms with Crippen molar-refractivity contribution in [3.63, 3.8) is 0 Å². The van der Waals surface area contributed by atoms with Gasteiger partial charge in [-0.3, -0.25) is 9.59 Å². The first kappa shape index (κ1) is 73.3. The fraction of sp³-hybridized carbons (Fsp3) is 0.913. The Morgan fingerprint density at radius 3 is 0.947 bits per heavy atom. The van der Waals surface area contributed by atoms with Crippen LogP contribution in [0.4, 0.5) is 0 Å². The Bertz CT molecular complexity index is 1170. The molecule has 75 heavy (non-hydrogen) atoms. The highest BCUT2D eigenvalue weighted by Gasteiger charge is 2.20. The van der Waals surface area contributed by atoms with Gasteiger partial charge in [-0.05, 0) is 77.0 Å². The van der Waals surface area contributed by atoms with Gasteiger partial charge in [0.2, 0.25) is 5.91 Å². The van der Waals surface area contributed by atoms with Crippen molar-refractivity contribution in [3.05, 3.63) is 24.3 Å². The number of ether oxygens (including phenoxy) is 1. The van der Waals surface area contributed by atoms with E-state index in [2.05, 4.69) is 43.5 Å². The van der Waals surface area contributed by atoms with Crippen LogP contribution in [0.5, 0.6) is 0 Å². The molecule has 2 atom stereocenters. The summed E-state index contributed by atoms with van der Waals surface area (Å²) < 4.78 is 5.50. The lowest BCUT2D eigenvalue weighted by Crippen LogP contribution is -2.45. The minimum absolute atomic E-state index is 0.00895. The van der Waals surface area contributed by atoms with E-state index in [0.717, 1.165) is 44.9 Å². The molecule has 3 N–H and O–H groups in total. The van der Waals surface area contributed by atoms with Crippen molar-refractivity contribution in [3.8, 4) is 0 Å². The van der Waals surface area contributed by atoms with Gasteiger partial charge in [-0.15, -0.1) is 0 Å². The highest BCUT2D eigenvalue weighted by molar-refractivity contribution is 5.76. The second kappa shape index (κ2) is 64.9. The average molecular weight is 1060 g/mol. The van der Waals surface area contributed by atoms with Crippen LogP contribution in [0.3, 0.4) is 0 Å². The van der Waals surface area contributed by atoms with Crippen molar-refractivity contribution < 1.29 is 24.5 Å². The van der Waals surface area contributed by atoms with Crippen LogP contribution < -0.4 is 5.32 Å². The van der Waals surface area contributed by atoms with Crippen LogP contribution in [0.15, 0.2) is 24.3 Å². The molecule has 0 aliphatic heterocycles. The third-order valence-corrected chi connectivity index (χ3v) is 16.0. The molecule has 6 nitrogen and oxygen atoms in total. The highest BCUT2D eigenvalue weighted by Crippen LogP contribution is 2.18. The third kappa shape index (κ3) is 61.4. The smallest absolute Gasteiger partial charge is 0.305 e. The maximum Gasteiger partial charge on any atom is 0.305 e. The monoisotopic (exact) mass is 1060 g/mol. The molecule has 1 amide bonds. The van der Waals surface area contributed by atoms with E-state index in [-0.39, 0.29) is 18.5 Å². The molecule has 0 aromatic rings. The molecule has 444 valence electrons. The first-order valence-corrected chi connectivity index (χ1v) is 34.1. The predicted octanol–water partition coefficient (Wildman–Crippen LogP) is 21.8. The van der Waals surface area contributed by atoms with E-state index in [4.69, 9.17) is 4.74 Å². The predicted molar refractivity (Wildman–Crippen MR) is 329 cm³/mol. The quantitative estimate of drug-likeness (QED) is 0.0320. The molecule has 6 heteroatoms. The summed E-state index contributed by atoms with van der Waals surface area (Å²) in [5.41, 5.74) is 0. The number of unbranched alkanes of at least 4 members (excludes halogenated alkanes) is 49. The number of hydrogen-bond acceptors (Lipinski definition) is 5. The maximum atomic E-state index is 12.5. The average Bonchev–Trinajstić information content (AvgIpc) is 3.41. The third-order valence-electron chi connectivity index (χ3n) is 16.0. The van der Waals surface area contributed by atoms with E-state index in [0.29, 0.717) is 25.9 Å². The van der Waals surface area contributed by atoms with Crippen molar-refractivity contribution in [1.82, 2.24) is 5.32 Å². The largest absolute Gasteiger partial charge is 0.466 e. The molecule has 0 aliphatic carbocycles. The number of carbonyl (C=O) groups is 2. The first-order chi connectivity index (χ1) is 37.0. The number of carbonyl (C=O) groups excluding carboxylic acids is 2. The van der Waals surface area contributed by atoms with Crippen molar-refractivity contribution >= 4 is 11.9 Å². The van der Waals surface area contributed by atoms with Gasteiger partial charge in [0, 0.05) is 12.8 Å². The Balaban J connectivity index is 3.40. The fourth-order valence-electron chi connectivity index (χ4n) is 10.7. The van der Waals surface area contributed by atoms with E-state index in [9.17, 15) is 19.8 Å². The van der Waals surface area contributed by atoms with Gasteiger partial charge < -0.3 is 20.3 Å². The van der Waals surface area contributed by atoms with Gasteiger partial charge in [-0.1, -0.05) is 314 Å². The van der Waals surface area contributed by atoms with E-state index >= 15 is 0 Å². The van der Waals surface area contributed by atoms with Crippen LogP contribution in [0.25, 0.3) is 0 Å². The van der Waals surface area contributed by atoms with E-state index in [1.54, 1.807) is 0 Å². The van der Waals surface area contributed by atoms with E-state index in [1.807, 2.05) is 0 Å². The van der Waals surface area contributed by atoms with Crippen molar-refractivity contribution in [1.29, 1.82) is 0 Å². The summed E-state index contributed by atoms with van der Waals surface area (Å²) in [6, 6.07) is -0.546. The number of aliphatic hydroxyl groups excluding tert-OH is 2. The lowest BCUT2D eigenvalue weighted by Gasteiger charge is -2.22. The van der Waals surface area contributed by atoms with Crippen LogP contribution in [0.2, 0.25) is 0 Å². The molecule has 0 saturated carbocycles. The molecule has 0 aromatic carbocycles. The van der Waals surface area contributed by atoms with E-state index < -0.39 is 12.1 Å². The molecule has 0 radical (unpaired) electrons. The number of esters is 1. The number of allylic oxidation sites excluding steroid dienone is 4. The molecular formula is C69H133NO5. The minimum Gasteiger partial charge on any atom is -0.466 e. The summed E-state index contributed by atoms with van der Waals surface area (Å²) in [6.45, 7) is 4.98. The van der Waals surface area contributed by atoms with Gasteiger partial charge in [0.1, 0.15) is 0 Å². The van der Waals surface area contributed by atoms with Crippen molar-refractivity contribution in [2.75, 3.05) is 13.2 Å². The summed E-state index contributed by atoms with van der Waals surface area (Å²) in [7, 11) is 0. The van der Waals surface area contributed by atoms with Crippen LogP contribution in [0.1, 0.15) is 380 Å². The molecular weight excluding hydrogens is 923 g/mol. The number of hydrogen-bond donors (Lipinski definition) is 3. The summed E-state index contributed by atoms with van der Waals surface area (Å²) >= 11 is 0. The van der Waals surface area contributed by atoms with Crippen molar-refractivity contribution in [2.24, 2.45) is 0 Å². The summed E-state index contributed by atoms with van der Waals surface area (Å²) in [5.74, 6) is -0.0290. The molecule has 0 bridgehead atoms. The Hall–Kier alpha value is -1.66. The van der Waals surface area contributed by atoms with Gasteiger partial charge in [0.15, 0.2) is 0 Å². The van der Waals surface area contributed by atoms with Crippen molar-refractivity contribution in [2.45, 2.75) is 392 Å². The SMILES string of the molecule is CCCCCCCC/C=C\CCCCCCCCCC(=O)OCCCCCCCCCCCCCC/C=C\CCCCCCCCCC(=O)NC(CO)C(O)CCCCCCCCCCCCCCCCCCCC. The van der Waals surface area contributed by atoms with Gasteiger partial charge >= 0.3 is 5.97 Å². The Morgan fingerprint density at radius 1 is 0.360 bits per heavy atom. The molecule has 0 aliphatic rings. The second-order valence-electron chi connectivity index (χ2n) is 23.5. The lowest BCUT2D eigenvalue weighted by atomic mass is 10.0. The number of nitrogens with one attached hydrogen (secondary N) is 1. The molecule has 0 aromatic heterocycles. The normalized spacial score (nSPS) is 12.6. The zero-order valence-electron chi connectivity index (χ0n) is 50.8. The standard InChI is InChI=1S/C69H133NO5/c1-3-5-7-9-11-13-15-17-19-21-30-33-37-41-45-49-53-57-61-67(72)66(65-71)70-68(73)62-58-54-50-46-42-38-34-31-27-25-23-22-24-26-28-32-36-40-44-48-52-56-60-64-75-69(74)63-59-55-51-47-43-39-35-29-20-18-16-14-12-10-8-6-4-2/h18,20,25,27,66-67,71-72H,3-17,19,21-24,26,28-65H2,1-2H3,(H,70,73)/b20-18-,27-25-. The highest BCUT2D eigenvalue weighted by atomic mass is 16.5. The Kier molecular flexibility index (Phi) is 63.4. The number of rotatable bonds is 64. The number of amides is 1. The van der Waals surface area contributed by atoms with Gasteiger partial charge in [0.25, 0.3) is 0 Å². The van der Waals surface area contributed by atoms with E-state index in [1.165, 1.54) is 302 Å². The molecule has 0 fully saturated rings. The first-order valence-electron chi connectivity index (χ1n) is 34.1.